The zero-order valence-corrected chi connectivity index (χ0v) is 13.1. The largest absolute Gasteiger partial charge is 0.368 e. The molecule has 106 valence electrons. The topological polar surface area (TPSA) is 98.0 Å². The minimum Gasteiger partial charge on any atom is -0.368 e. The van der Waals surface area contributed by atoms with Gasteiger partial charge in [-0.25, -0.2) is 13.4 Å². The standard InChI is InChI=1S/C12H13BrN4O2S/c1-20(18,19)9-4-2-8(3-5-9)6-15-11-10(13)7-16-12(14)17-11/h2-5,7H,6H2,1H3,(H3,14,15,16,17). The third-order valence-corrected chi connectivity index (χ3v) is 4.28. The summed E-state index contributed by atoms with van der Waals surface area (Å²) in [6, 6.07) is 6.66. The molecule has 1 aromatic carbocycles. The second-order valence-electron chi connectivity index (χ2n) is 4.19. The van der Waals surface area contributed by atoms with Gasteiger partial charge in [0, 0.05) is 19.0 Å². The third kappa shape index (κ3) is 3.67. The van der Waals surface area contributed by atoms with Gasteiger partial charge in [-0.05, 0) is 33.6 Å². The van der Waals surface area contributed by atoms with Crippen molar-refractivity contribution in [2.75, 3.05) is 17.3 Å². The first-order valence-corrected chi connectivity index (χ1v) is 8.35. The average Bonchev–Trinajstić information content (AvgIpc) is 2.39. The molecule has 0 saturated carbocycles. The number of benzene rings is 1. The fourth-order valence-corrected chi connectivity index (χ4v) is 2.51. The summed E-state index contributed by atoms with van der Waals surface area (Å²) in [7, 11) is -3.16. The smallest absolute Gasteiger partial charge is 0.221 e. The zero-order chi connectivity index (χ0) is 14.8. The lowest BCUT2D eigenvalue weighted by molar-refractivity contribution is 0.602. The molecule has 0 unspecified atom stereocenters. The lowest BCUT2D eigenvalue weighted by Crippen LogP contribution is -2.05. The molecule has 0 atom stereocenters. The Morgan fingerprint density at radius 2 is 1.95 bits per heavy atom. The van der Waals surface area contributed by atoms with E-state index in [4.69, 9.17) is 5.73 Å². The van der Waals surface area contributed by atoms with Crippen LogP contribution >= 0.6 is 15.9 Å². The monoisotopic (exact) mass is 356 g/mol. The fourth-order valence-electron chi connectivity index (χ4n) is 1.55. The molecular weight excluding hydrogens is 344 g/mol. The Balaban J connectivity index is 2.10. The molecule has 2 aromatic rings. The van der Waals surface area contributed by atoms with Gasteiger partial charge >= 0.3 is 0 Å². The van der Waals surface area contributed by atoms with Crippen LogP contribution in [-0.4, -0.2) is 24.6 Å². The molecule has 0 aliphatic carbocycles. The lowest BCUT2D eigenvalue weighted by atomic mass is 10.2. The summed E-state index contributed by atoms with van der Waals surface area (Å²) in [4.78, 5) is 8.20. The van der Waals surface area contributed by atoms with Crippen molar-refractivity contribution >= 4 is 37.5 Å². The molecule has 8 heteroatoms. The highest BCUT2D eigenvalue weighted by Gasteiger charge is 2.07. The number of nitrogens with one attached hydrogen (secondary N) is 1. The highest BCUT2D eigenvalue weighted by Crippen LogP contribution is 2.20. The summed E-state index contributed by atoms with van der Waals surface area (Å²) >= 11 is 3.32. The maximum Gasteiger partial charge on any atom is 0.221 e. The maximum absolute atomic E-state index is 11.4. The van der Waals surface area contributed by atoms with E-state index >= 15 is 0 Å². The summed E-state index contributed by atoms with van der Waals surface area (Å²) < 4.78 is 23.4. The predicted octanol–water partition coefficient (Wildman–Crippen LogP) is 1.84. The van der Waals surface area contributed by atoms with Crippen molar-refractivity contribution in [3.63, 3.8) is 0 Å². The molecule has 0 amide bonds. The maximum atomic E-state index is 11.4. The van der Waals surface area contributed by atoms with Crippen LogP contribution in [0.5, 0.6) is 0 Å². The minimum atomic E-state index is -3.16. The number of nitrogens with two attached hydrogens (primary N) is 1. The molecule has 20 heavy (non-hydrogen) atoms. The predicted molar refractivity (Wildman–Crippen MR) is 81.0 cm³/mol. The van der Waals surface area contributed by atoms with E-state index in [9.17, 15) is 8.42 Å². The Morgan fingerprint density at radius 1 is 1.30 bits per heavy atom. The summed E-state index contributed by atoms with van der Waals surface area (Å²) in [5.74, 6) is 0.771. The normalized spacial score (nSPS) is 11.3. The second-order valence-corrected chi connectivity index (χ2v) is 7.06. The summed E-state index contributed by atoms with van der Waals surface area (Å²) in [6.45, 7) is 0.499. The molecule has 1 heterocycles. The molecule has 1 aromatic heterocycles. The van der Waals surface area contributed by atoms with Crippen molar-refractivity contribution in [1.82, 2.24) is 9.97 Å². The van der Waals surface area contributed by atoms with Crippen LogP contribution in [-0.2, 0) is 16.4 Å². The van der Waals surface area contributed by atoms with Gasteiger partial charge < -0.3 is 11.1 Å². The van der Waals surface area contributed by atoms with Gasteiger partial charge in [-0.1, -0.05) is 12.1 Å². The van der Waals surface area contributed by atoms with Gasteiger partial charge in [-0.3, -0.25) is 0 Å². The highest BCUT2D eigenvalue weighted by molar-refractivity contribution is 9.10. The molecular formula is C12H13BrN4O2S. The van der Waals surface area contributed by atoms with Crippen LogP contribution in [0.2, 0.25) is 0 Å². The number of sulfone groups is 1. The number of rotatable bonds is 4. The SMILES string of the molecule is CS(=O)(=O)c1ccc(CNc2nc(N)ncc2Br)cc1. The van der Waals surface area contributed by atoms with E-state index in [1.165, 1.54) is 6.26 Å². The van der Waals surface area contributed by atoms with E-state index in [1.54, 1.807) is 30.5 Å². The van der Waals surface area contributed by atoms with Gasteiger partial charge in [0.25, 0.3) is 0 Å². The third-order valence-electron chi connectivity index (χ3n) is 2.57. The van der Waals surface area contributed by atoms with Crippen molar-refractivity contribution in [2.45, 2.75) is 11.4 Å². The summed E-state index contributed by atoms with van der Waals surface area (Å²) in [5, 5.41) is 3.10. The molecule has 6 nitrogen and oxygen atoms in total. The van der Waals surface area contributed by atoms with E-state index in [-0.39, 0.29) is 5.95 Å². The quantitative estimate of drug-likeness (QED) is 0.867. The molecule has 0 fully saturated rings. The second kappa shape index (κ2) is 5.76. The Morgan fingerprint density at radius 3 is 2.55 bits per heavy atom. The molecule has 0 aliphatic heterocycles. The summed E-state index contributed by atoms with van der Waals surface area (Å²) in [5.41, 5.74) is 6.45. The minimum absolute atomic E-state index is 0.183. The van der Waals surface area contributed by atoms with Gasteiger partial charge in [-0.2, -0.15) is 4.98 Å². The van der Waals surface area contributed by atoms with Crippen LogP contribution in [0.1, 0.15) is 5.56 Å². The van der Waals surface area contributed by atoms with Crippen molar-refractivity contribution in [3.8, 4) is 0 Å². The Labute approximate surface area is 125 Å². The van der Waals surface area contributed by atoms with E-state index in [0.29, 0.717) is 21.7 Å². The zero-order valence-electron chi connectivity index (χ0n) is 10.7. The van der Waals surface area contributed by atoms with Crippen LogP contribution in [0.25, 0.3) is 0 Å². The van der Waals surface area contributed by atoms with Crippen LogP contribution in [0.3, 0.4) is 0 Å². The fraction of sp³-hybridized carbons (Fsp3) is 0.167. The molecule has 3 N–H and O–H groups in total. The first-order valence-electron chi connectivity index (χ1n) is 5.67. The van der Waals surface area contributed by atoms with Crippen LogP contribution in [0.15, 0.2) is 39.8 Å². The number of hydrogen-bond acceptors (Lipinski definition) is 6. The van der Waals surface area contributed by atoms with Crippen molar-refractivity contribution in [3.05, 3.63) is 40.5 Å². The molecule has 0 radical (unpaired) electrons. The van der Waals surface area contributed by atoms with Gasteiger partial charge in [0.05, 0.1) is 9.37 Å². The van der Waals surface area contributed by atoms with Crippen molar-refractivity contribution in [2.24, 2.45) is 0 Å². The van der Waals surface area contributed by atoms with Crippen molar-refractivity contribution < 1.29 is 8.42 Å². The molecule has 0 bridgehead atoms. The number of anilines is 2. The molecule has 2 rings (SSSR count). The summed E-state index contributed by atoms with van der Waals surface area (Å²) in [6.07, 6.45) is 2.75. The average molecular weight is 357 g/mol. The number of halogens is 1. The van der Waals surface area contributed by atoms with Crippen molar-refractivity contribution in [1.29, 1.82) is 0 Å². The Bertz CT molecular complexity index is 717. The van der Waals surface area contributed by atoms with Gasteiger partial charge in [0.1, 0.15) is 5.82 Å². The number of nitrogen functional groups attached to an aromatic ring is 1. The molecule has 0 spiro atoms. The molecule has 0 aliphatic rings. The lowest BCUT2D eigenvalue weighted by Gasteiger charge is -2.08. The van der Waals surface area contributed by atoms with Gasteiger partial charge in [0.15, 0.2) is 9.84 Å². The van der Waals surface area contributed by atoms with Crippen LogP contribution in [0.4, 0.5) is 11.8 Å². The van der Waals surface area contributed by atoms with E-state index in [0.717, 1.165) is 5.56 Å². The number of hydrogen-bond donors (Lipinski definition) is 2. The van der Waals surface area contributed by atoms with Crippen LogP contribution < -0.4 is 11.1 Å². The van der Waals surface area contributed by atoms with E-state index < -0.39 is 9.84 Å². The van der Waals surface area contributed by atoms with Crippen LogP contribution in [0, 0.1) is 0 Å². The Kier molecular flexibility index (Phi) is 4.24. The molecule has 0 saturated heterocycles. The van der Waals surface area contributed by atoms with Gasteiger partial charge in [0.2, 0.25) is 5.95 Å². The van der Waals surface area contributed by atoms with Gasteiger partial charge in [-0.15, -0.1) is 0 Å². The first-order chi connectivity index (χ1) is 9.36. The number of aromatic nitrogens is 2. The first kappa shape index (κ1) is 14.7. The Hall–Kier alpha value is -1.67. The highest BCUT2D eigenvalue weighted by atomic mass is 79.9. The number of nitrogens with zero attached hydrogens (tertiary/aromatic N) is 2. The van der Waals surface area contributed by atoms with E-state index in [1.807, 2.05) is 0 Å². The van der Waals surface area contributed by atoms with E-state index in [2.05, 4.69) is 31.2 Å².